The van der Waals surface area contributed by atoms with E-state index in [1.165, 1.54) is 0 Å². The van der Waals surface area contributed by atoms with Crippen LogP contribution in [-0.2, 0) is 10.0 Å². The molecule has 0 aliphatic rings. The maximum Gasteiger partial charge on any atom is 0.261 e. The van der Waals surface area contributed by atoms with Crippen molar-refractivity contribution >= 4 is 15.7 Å². The Morgan fingerprint density at radius 2 is 1.55 bits per heavy atom. The molecule has 0 heterocycles. The third-order valence-corrected chi connectivity index (χ3v) is 5.45. The summed E-state index contributed by atoms with van der Waals surface area (Å²) in [5.74, 6) is 0.434. The Hall–Kier alpha value is -1.81. The summed E-state index contributed by atoms with van der Waals surface area (Å²) >= 11 is 0. The molecule has 0 radical (unpaired) electrons. The van der Waals surface area contributed by atoms with E-state index >= 15 is 0 Å². The summed E-state index contributed by atoms with van der Waals surface area (Å²) in [6.07, 6.45) is 1.03. The quantitative estimate of drug-likeness (QED) is 0.874. The first kappa shape index (κ1) is 16.6. The number of aryl methyl sites for hydroxylation is 2. The van der Waals surface area contributed by atoms with Crippen LogP contribution >= 0.6 is 0 Å². The van der Waals surface area contributed by atoms with Crippen molar-refractivity contribution in [2.45, 2.75) is 44.9 Å². The van der Waals surface area contributed by atoms with Gasteiger partial charge in [-0.15, -0.1) is 0 Å². The average molecular weight is 317 g/mol. The molecule has 1 atom stereocenters. The Balaban J connectivity index is 2.31. The molecule has 0 spiro atoms. The van der Waals surface area contributed by atoms with Crippen LogP contribution in [0.5, 0.6) is 0 Å². The van der Waals surface area contributed by atoms with Crippen LogP contribution in [0.2, 0.25) is 0 Å². The average Bonchev–Trinajstić information content (AvgIpc) is 2.50. The molecule has 22 heavy (non-hydrogen) atoms. The van der Waals surface area contributed by atoms with Crippen LogP contribution in [0.1, 0.15) is 42.9 Å². The molecule has 0 aliphatic heterocycles. The van der Waals surface area contributed by atoms with Crippen LogP contribution in [0.3, 0.4) is 0 Å². The second-order valence-corrected chi connectivity index (χ2v) is 7.43. The zero-order valence-corrected chi connectivity index (χ0v) is 14.4. The van der Waals surface area contributed by atoms with Gasteiger partial charge in [0.15, 0.2) is 0 Å². The Bertz CT molecular complexity index is 729. The largest absolute Gasteiger partial charge is 0.279 e. The number of nitrogens with one attached hydrogen (secondary N) is 1. The van der Waals surface area contributed by atoms with E-state index in [4.69, 9.17) is 0 Å². The van der Waals surface area contributed by atoms with Crippen molar-refractivity contribution < 1.29 is 8.42 Å². The highest BCUT2D eigenvalue weighted by atomic mass is 32.2. The summed E-state index contributed by atoms with van der Waals surface area (Å²) in [4.78, 5) is 0.294. The molecule has 0 amide bonds. The predicted octanol–water partition coefficient (Wildman–Crippen LogP) is 4.62. The molecule has 0 unspecified atom stereocenters. The minimum Gasteiger partial charge on any atom is -0.279 e. The number of hydrogen-bond donors (Lipinski definition) is 1. The Morgan fingerprint density at radius 3 is 2.05 bits per heavy atom. The van der Waals surface area contributed by atoms with Crippen molar-refractivity contribution in [3.8, 4) is 0 Å². The smallest absolute Gasteiger partial charge is 0.261 e. The fourth-order valence-corrected chi connectivity index (χ4v) is 3.58. The van der Waals surface area contributed by atoms with Crippen LogP contribution in [0.4, 0.5) is 5.69 Å². The summed E-state index contributed by atoms with van der Waals surface area (Å²) in [5.41, 5.74) is 3.65. The first-order valence-electron chi connectivity index (χ1n) is 7.54. The fraction of sp³-hybridized carbons (Fsp3) is 0.333. The van der Waals surface area contributed by atoms with Crippen molar-refractivity contribution in [2.24, 2.45) is 0 Å². The fourth-order valence-electron chi connectivity index (χ4n) is 2.38. The van der Waals surface area contributed by atoms with Crippen LogP contribution in [0.25, 0.3) is 0 Å². The van der Waals surface area contributed by atoms with E-state index < -0.39 is 10.0 Å². The monoisotopic (exact) mass is 317 g/mol. The van der Waals surface area contributed by atoms with E-state index in [0.29, 0.717) is 16.5 Å². The molecule has 0 saturated carbocycles. The minimum atomic E-state index is -3.56. The standard InChI is InChI=1S/C18H23NO2S/c1-5-13(2)16-9-11-17(12-10-16)22(20,21)19-18-14(3)7-6-8-15(18)4/h6-13,19H,5H2,1-4H3/t13-/m0/s1. The number of benzene rings is 2. The number of anilines is 1. The van der Waals surface area contributed by atoms with Crippen molar-refractivity contribution in [2.75, 3.05) is 4.72 Å². The van der Waals surface area contributed by atoms with Gasteiger partial charge in [0, 0.05) is 0 Å². The van der Waals surface area contributed by atoms with Crippen LogP contribution < -0.4 is 4.72 Å². The highest BCUT2D eigenvalue weighted by molar-refractivity contribution is 7.92. The van der Waals surface area contributed by atoms with Crippen LogP contribution in [-0.4, -0.2) is 8.42 Å². The lowest BCUT2D eigenvalue weighted by atomic mass is 9.99. The van der Waals surface area contributed by atoms with E-state index in [-0.39, 0.29) is 0 Å². The van der Waals surface area contributed by atoms with E-state index in [1.807, 2.05) is 44.2 Å². The van der Waals surface area contributed by atoms with Gasteiger partial charge in [-0.3, -0.25) is 4.72 Å². The second kappa shape index (κ2) is 6.53. The first-order valence-corrected chi connectivity index (χ1v) is 9.02. The summed E-state index contributed by atoms with van der Waals surface area (Å²) in [6.45, 7) is 8.06. The second-order valence-electron chi connectivity index (χ2n) is 5.75. The highest BCUT2D eigenvalue weighted by Crippen LogP contribution is 2.25. The molecule has 4 heteroatoms. The van der Waals surface area contributed by atoms with Crippen molar-refractivity contribution in [1.29, 1.82) is 0 Å². The minimum absolute atomic E-state index is 0.294. The van der Waals surface area contributed by atoms with Gasteiger partial charge in [0.05, 0.1) is 10.6 Å². The van der Waals surface area contributed by atoms with Crippen molar-refractivity contribution in [3.05, 3.63) is 59.2 Å². The molecular formula is C18H23NO2S. The van der Waals surface area contributed by atoms with Gasteiger partial charge >= 0.3 is 0 Å². The molecule has 2 aromatic carbocycles. The zero-order chi connectivity index (χ0) is 16.3. The predicted molar refractivity (Wildman–Crippen MR) is 91.9 cm³/mol. The molecule has 0 saturated heterocycles. The first-order chi connectivity index (χ1) is 10.3. The number of para-hydroxylation sites is 1. The zero-order valence-electron chi connectivity index (χ0n) is 13.6. The van der Waals surface area contributed by atoms with Gasteiger partial charge in [-0.25, -0.2) is 8.42 Å². The van der Waals surface area contributed by atoms with Crippen molar-refractivity contribution in [1.82, 2.24) is 0 Å². The molecule has 0 bridgehead atoms. The normalized spacial score (nSPS) is 12.9. The van der Waals surface area contributed by atoms with Gasteiger partial charge in [0.2, 0.25) is 0 Å². The van der Waals surface area contributed by atoms with Crippen LogP contribution in [0.15, 0.2) is 47.4 Å². The summed E-state index contributed by atoms with van der Waals surface area (Å²) in [5, 5.41) is 0. The SMILES string of the molecule is CC[C@H](C)c1ccc(S(=O)(=O)Nc2c(C)cccc2C)cc1. The molecule has 0 fully saturated rings. The van der Waals surface area contributed by atoms with Crippen LogP contribution in [0, 0.1) is 13.8 Å². The summed E-state index contributed by atoms with van der Waals surface area (Å²) in [6, 6.07) is 12.9. The molecule has 118 valence electrons. The summed E-state index contributed by atoms with van der Waals surface area (Å²) in [7, 11) is -3.56. The summed E-state index contributed by atoms with van der Waals surface area (Å²) < 4.78 is 27.8. The van der Waals surface area contributed by atoms with E-state index in [9.17, 15) is 8.42 Å². The van der Waals surface area contributed by atoms with Gasteiger partial charge in [-0.1, -0.05) is 44.2 Å². The molecule has 0 aromatic heterocycles. The molecule has 2 aromatic rings. The Labute approximate surface area is 133 Å². The van der Waals surface area contributed by atoms with Gasteiger partial charge in [-0.2, -0.15) is 0 Å². The molecular weight excluding hydrogens is 294 g/mol. The van der Waals surface area contributed by atoms with Gasteiger partial charge < -0.3 is 0 Å². The Kier molecular flexibility index (Phi) is 4.91. The van der Waals surface area contributed by atoms with E-state index in [1.54, 1.807) is 12.1 Å². The van der Waals surface area contributed by atoms with Gasteiger partial charge in [0.1, 0.15) is 0 Å². The lowest BCUT2D eigenvalue weighted by Crippen LogP contribution is -2.14. The van der Waals surface area contributed by atoms with E-state index in [0.717, 1.165) is 23.1 Å². The Morgan fingerprint density at radius 1 is 1.00 bits per heavy atom. The van der Waals surface area contributed by atoms with Gasteiger partial charge in [-0.05, 0) is 55.0 Å². The lowest BCUT2D eigenvalue weighted by molar-refractivity contribution is 0.601. The molecule has 2 rings (SSSR count). The molecule has 1 N–H and O–H groups in total. The number of hydrogen-bond acceptors (Lipinski definition) is 2. The molecule has 3 nitrogen and oxygen atoms in total. The number of sulfonamides is 1. The maximum atomic E-state index is 12.5. The number of rotatable bonds is 5. The third kappa shape index (κ3) is 3.50. The highest BCUT2D eigenvalue weighted by Gasteiger charge is 2.16. The van der Waals surface area contributed by atoms with Gasteiger partial charge in [0.25, 0.3) is 10.0 Å². The lowest BCUT2D eigenvalue weighted by Gasteiger charge is -2.14. The van der Waals surface area contributed by atoms with Crippen molar-refractivity contribution in [3.63, 3.8) is 0 Å². The molecule has 0 aliphatic carbocycles. The maximum absolute atomic E-state index is 12.5. The van der Waals surface area contributed by atoms with E-state index in [2.05, 4.69) is 18.6 Å². The third-order valence-electron chi connectivity index (χ3n) is 4.09. The topological polar surface area (TPSA) is 46.2 Å².